The first-order chi connectivity index (χ1) is 9.44. The van der Waals surface area contributed by atoms with Crippen molar-refractivity contribution in [2.24, 2.45) is 10.9 Å². The summed E-state index contributed by atoms with van der Waals surface area (Å²) in [5, 5.41) is 22.3. The van der Waals surface area contributed by atoms with E-state index in [1.807, 2.05) is 32.0 Å². The normalized spacial score (nSPS) is 24.6. The maximum absolute atomic E-state index is 10.2. The van der Waals surface area contributed by atoms with Crippen molar-refractivity contribution in [2.45, 2.75) is 38.7 Å². The van der Waals surface area contributed by atoms with Gasteiger partial charge in [-0.1, -0.05) is 17.3 Å². The fourth-order valence-electron chi connectivity index (χ4n) is 2.83. The van der Waals surface area contributed by atoms with Gasteiger partial charge in [0.15, 0.2) is 5.84 Å². The Bertz CT molecular complexity index is 512. The van der Waals surface area contributed by atoms with Gasteiger partial charge in [0, 0.05) is 18.7 Å². The molecule has 0 bridgehead atoms. The van der Waals surface area contributed by atoms with Crippen LogP contribution in [0.5, 0.6) is 0 Å². The summed E-state index contributed by atoms with van der Waals surface area (Å²) < 4.78 is 0. The minimum Gasteiger partial charge on any atom is -0.409 e. The summed E-state index contributed by atoms with van der Waals surface area (Å²) in [6.45, 7) is 5.54. The zero-order valence-electron chi connectivity index (χ0n) is 12.1. The second kappa shape index (κ2) is 5.71. The lowest BCUT2D eigenvalue weighted by Gasteiger charge is -2.27. The van der Waals surface area contributed by atoms with Crippen LogP contribution < -0.4 is 10.6 Å². The monoisotopic (exact) mass is 277 g/mol. The SMILES string of the molecule is Cc1cccc(/C(N)=N/O)c1N1CCCC(C)(O)CC1. The van der Waals surface area contributed by atoms with E-state index in [4.69, 9.17) is 10.9 Å². The third-order valence-corrected chi connectivity index (χ3v) is 4.00. The molecule has 0 spiro atoms. The lowest BCUT2D eigenvalue weighted by Crippen LogP contribution is -2.30. The van der Waals surface area contributed by atoms with E-state index in [2.05, 4.69) is 10.1 Å². The standard InChI is InChI=1S/C15H23N3O2/c1-11-5-3-6-12(14(16)17-20)13(11)18-9-4-7-15(2,19)8-10-18/h3,5-6,19-20H,4,7-10H2,1-2H3,(H2,16,17). The van der Waals surface area contributed by atoms with Crippen LogP contribution in [0.3, 0.4) is 0 Å². The Morgan fingerprint density at radius 2 is 2.10 bits per heavy atom. The molecule has 1 fully saturated rings. The largest absolute Gasteiger partial charge is 0.409 e. The molecule has 4 N–H and O–H groups in total. The first-order valence-electron chi connectivity index (χ1n) is 6.99. The lowest BCUT2D eigenvalue weighted by atomic mass is 9.98. The summed E-state index contributed by atoms with van der Waals surface area (Å²) in [4.78, 5) is 2.23. The molecule has 1 unspecified atom stereocenters. The minimum atomic E-state index is -0.603. The third kappa shape index (κ3) is 3.04. The number of benzene rings is 1. The topological polar surface area (TPSA) is 82.1 Å². The van der Waals surface area contributed by atoms with Crippen molar-refractivity contribution >= 4 is 11.5 Å². The third-order valence-electron chi connectivity index (χ3n) is 4.00. The van der Waals surface area contributed by atoms with E-state index in [0.717, 1.165) is 49.2 Å². The first kappa shape index (κ1) is 14.7. The Balaban J connectivity index is 2.37. The van der Waals surface area contributed by atoms with Crippen LogP contribution in [-0.2, 0) is 0 Å². The van der Waals surface area contributed by atoms with Crippen molar-refractivity contribution < 1.29 is 10.3 Å². The number of oxime groups is 1. The predicted octanol–water partition coefficient (Wildman–Crippen LogP) is 1.83. The molecule has 5 heteroatoms. The molecule has 1 atom stereocenters. The molecular weight excluding hydrogens is 254 g/mol. The zero-order valence-corrected chi connectivity index (χ0v) is 12.1. The molecule has 110 valence electrons. The van der Waals surface area contributed by atoms with E-state index < -0.39 is 5.60 Å². The highest BCUT2D eigenvalue weighted by Gasteiger charge is 2.26. The van der Waals surface area contributed by atoms with Crippen LogP contribution in [0.4, 0.5) is 5.69 Å². The number of aryl methyl sites for hydroxylation is 1. The molecule has 0 aromatic heterocycles. The number of nitrogens with zero attached hydrogens (tertiary/aromatic N) is 2. The molecule has 0 aliphatic carbocycles. The highest BCUT2D eigenvalue weighted by Crippen LogP contribution is 2.30. The van der Waals surface area contributed by atoms with Gasteiger partial charge in [-0.05, 0) is 44.7 Å². The van der Waals surface area contributed by atoms with E-state index in [9.17, 15) is 5.11 Å². The molecular formula is C15H23N3O2. The molecule has 0 amide bonds. The molecule has 1 aliphatic rings. The van der Waals surface area contributed by atoms with E-state index in [-0.39, 0.29) is 5.84 Å². The first-order valence-corrected chi connectivity index (χ1v) is 6.99. The highest BCUT2D eigenvalue weighted by atomic mass is 16.4. The van der Waals surface area contributed by atoms with Gasteiger partial charge in [0.2, 0.25) is 0 Å². The van der Waals surface area contributed by atoms with Crippen LogP contribution in [-0.4, -0.2) is 34.8 Å². The quantitative estimate of drug-likeness (QED) is 0.333. The number of aliphatic hydroxyl groups is 1. The van der Waals surface area contributed by atoms with Gasteiger partial charge in [-0.25, -0.2) is 0 Å². The smallest absolute Gasteiger partial charge is 0.172 e. The van der Waals surface area contributed by atoms with Crippen molar-refractivity contribution in [3.8, 4) is 0 Å². The fraction of sp³-hybridized carbons (Fsp3) is 0.533. The Morgan fingerprint density at radius 1 is 1.35 bits per heavy atom. The summed E-state index contributed by atoms with van der Waals surface area (Å²) in [5.41, 5.74) is 8.02. The molecule has 1 saturated heterocycles. The average molecular weight is 277 g/mol. The van der Waals surface area contributed by atoms with Crippen LogP contribution in [0, 0.1) is 6.92 Å². The van der Waals surface area contributed by atoms with Gasteiger partial charge in [0.25, 0.3) is 0 Å². The van der Waals surface area contributed by atoms with Crippen LogP contribution in [0.25, 0.3) is 0 Å². The molecule has 1 aliphatic heterocycles. The Kier molecular flexibility index (Phi) is 4.18. The summed E-state index contributed by atoms with van der Waals surface area (Å²) in [7, 11) is 0. The Hall–Kier alpha value is -1.75. The number of hydrogen-bond donors (Lipinski definition) is 3. The summed E-state index contributed by atoms with van der Waals surface area (Å²) in [6.07, 6.45) is 2.45. The van der Waals surface area contributed by atoms with Gasteiger partial charge in [-0.2, -0.15) is 0 Å². The molecule has 20 heavy (non-hydrogen) atoms. The molecule has 0 saturated carbocycles. The van der Waals surface area contributed by atoms with E-state index >= 15 is 0 Å². The van der Waals surface area contributed by atoms with E-state index in [1.54, 1.807) is 0 Å². The number of hydrogen-bond acceptors (Lipinski definition) is 4. The van der Waals surface area contributed by atoms with Gasteiger partial charge in [0.1, 0.15) is 0 Å². The second-order valence-electron chi connectivity index (χ2n) is 5.79. The van der Waals surface area contributed by atoms with Crippen molar-refractivity contribution in [2.75, 3.05) is 18.0 Å². The number of anilines is 1. The maximum Gasteiger partial charge on any atom is 0.172 e. The van der Waals surface area contributed by atoms with Crippen LogP contribution in [0.2, 0.25) is 0 Å². The second-order valence-corrected chi connectivity index (χ2v) is 5.79. The van der Waals surface area contributed by atoms with Gasteiger partial charge in [0.05, 0.1) is 11.3 Å². The number of para-hydroxylation sites is 1. The summed E-state index contributed by atoms with van der Waals surface area (Å²) >= 11 is 0. The van der Waals surface area contributed by atoms with E-state index in [1.165, 1.54) is 0 Å². The number of nitrogens with two attached hydrogens (primary N) is 1. The van der Waals surface area contributed by atoms with Crippen LogP contribution >= 0.6 is 0 Å². The maximum atomic E-state index is 10.2. The van der Waals surface area contributed by atoms with Gasteiger partial charge in [-0.3, -0.25) is 0 Å². The fourth-order valence-corrected chi connectivity index (χ4v) is 2.83. The number of rotatable bonds is 2. The highest BCUT2D eigenvalue weighted by molar-refractivity contribution is 6.02. The van der Waals surface area contributed by atoms with Gasteiger partial charge in [-0.15, -0.1) is 0 Å². The van der Waals surface area contributed by atoms with Crippen molar-refractivity contribution in [1.82, 2.24) is 0 Å². The summed E-state index contributed by atoms with van der Waals surface area (Å²) in [5.74, 6) is 0.125. The van der Waals surface area contributed by atoms with Crippen LogP contribution in [0.1, 0.15) is 37.3 Å². The molecule has 1 aromatic rings. The molecule has 5 nitrogen and oxygen atoms in total. The van der Waals surface area contributed by atoms with Crippen LogP contribution in [0.15, 0.2) is 23.4 Å². The number of amidine groups is 1. The van der Waals surface area contributed by atoms with Crippen molar-refractivity contribution in [3.63, 3.8) is 0 Å². The van der Waals surface area contributed by atoms with Crippen molar-refractivity contribution in [3.05, 3.63) is 29.3 Å². The zero-order chi connectivity index (χ0) is 14.8. The predicted molar refractivity (Wildman–Crippen MR) is 80.4 cm³/mol. The molecule has 2 rings (SSSR count). The summed E-state index contributed by atoms with van der Waals surface area (Å²) in [6, 6.07) is 5.78. The molecule has 0 radical (unpaired) electrons. The Labute approximate surface area is 119 Å². The van der Waals surface area contributed by atoms with Gasteiger partial charge < -0.3 is 20.9 Å². The molecule has 1 heterocycles. The Morgan fingerprint density at radius 3 is 2.80 bits per heavy atom. The van der Waals surface area contributed by atoms with Crippen molar-refractivity contribution in [1.29, 1.82) is 0 Å². The van der Waals surface area contributed by atoms with E-state index in [0.29, 0.717) is 0 Å². The lowest BCUT2D eigenvalue weighted by molar-refractivity contribution is 0.0481. The molecule has 1 aromatic carbocycles. The van der Waals surface area contributed by atoms with Gasteiger partial charge >= 0.3 is 0 Å². The minimum absolute atomic E-state index is 0.125. The average Bonchev–Trinajstić information content (AvgIpc) is 2.58.